The lowest BCUT2D eigenvalue weighted by molar-refractivity contribution is -0.123. The van der Waals surface area contributed by atoms with Crippen molar-refractivity contribution in [2.24, 2.45) is 0 Å². The van der Waals surface area contributed by atoms with Crippen molar-refractivity contribution in [1.29, 1.82) is 0 Å². The number of carbonyl (C=O) groups excluding carboxylic acids is 2. The third kappa shape index (κ3) is 4.55. The van der Waals surface area contributed by atoms with Crippen LogP contribution in [0.4, 0.5) is 23.1 Å². The molecule has 1 aliphatic rings. The van der Waals surface area contributed by atoms with Crippen LogP contribution in [0.15, 0.2) is 47.3 Å². The minimum Gasteiger partial charge on any atom is -0.326 e. The van der Waals surface area contributed by atoms with Gasteiger partial charge in [0.25, 0.3) is 5.56 Å². The topological polar surface area (TPSA) is 116 Å². The van der Waals surface area contributed by atoms with Gasteiger partial charge in [-0.05, 0) is 37.3 Å². The normalized spacial score (nSPS) is 15.1. The third-order valence-electron chi connectivity index (χ3n) is 4.77. The molecule has 0 bridgehead atoms. The largest absolute Gasteiger partial charge is 0.326 e. The van der Waals surface area contributed by atoms with Gasteiger partial charge in [0, 0.05) is 17.1 Å². The lowest BCUT2D eigenvalue weighted by Crippen LogP contribution is -2.36. The average Bonchev–Trinajstić information content (AvgIpc) is 2.71. The highest BCUT2D eigenvalue weighted by Gasteiger charge is 2.34. The zero-order valence-electron chi connectivity index (χ0n) is 16.3. The van der Waals surface area contributed by atoms with Gasteiger partial charge in [0.1, 0.15) is 5.82 Å². The summed E-state index contributed by atoms with van der Waals surface area (Å²) in [7, 11) is 0. The summed E-state index contributed by atoms with van der Waals surface area (Å²) in [6.45, 7) is 1.93. The number of aromatic amines is 1. The summed E-state index contributed by atoms with van der Waals surface area (Å²) >= 11 is 12.0. The lowest BCUT2D eigenvalue weighted by atomic mass is 9.92. The van der Waals surface area contributed by atoms with Crippen molar-refractivity contribution < 1.29 is 9.59 Å². The minimum atomic E-state index is -0.977. The van der Waals surface area contributed by atoms with E-state index in [4.69, 9.17) is 23.2 Å². The molecule has 1 atom stereocenters. The Hall–Kier alpha value is -3.36. The molecule has 8 nitrogen and oxygen atoms in total. The first-order valence-electron chi connectivity index (χ1n) is 9.34. The van der Waals surface area contributed by atoms with Gasteiger partial charge in [-0.25, -0.2) is 0 Å². The molecular weight excluding hydrogens is 441 g/mol. The summed E-state index contributed by atoms with van der Waals surface area (Å²) < 4.78 is 0. The molecule has 4 rings (SSSR count). The van der Waals surface area contributed by atoms with Crippen molar-refractivity contribution in [3.05, 3.63) is 74.0 Å². The van der Waals surface area contributed by atoms with Crippen molar-refractivity contribution in [3.8, 4) is 0 Å². The fraction of sp³-hybridized carbons (Fsp3) is 0.143. The number of halogens is 2. The molecule has 1 aliphatic heterocycles. The molecule has 0 radical (unpaired) electrons. The first-order valence-corrected chi connectivity index (χ1v) is 10.1. The fourth-order valence-electron chi connectivity index (χ4n) is 3.24. The van der Waals surface area contributed by atoms with Crippen LogP contribution in [0.1, 0.15) is 23.5 Å². The third-order valence-corrected chi connectivity index (χ3v) is 5.32. The summed E-state index contributed by atoms with van der Waals surface area (Å²) in [4.78, 5) is 44.7. The van der Waals surface area contributed by atoms with E-state index in [2.05, 4.69) is 25.9 Å². The Morgan fingerprint density at radius 1 is 1.13 bits per heavy atom. The molecule has 31 heavy (non-hydrogen) atoms. The highest BCUT2D eigenvalue weighted by molar-refractivity contribution is 6.36. The van der Waals surface area contributed by atoms with Crippen LogP contribution in [0.25, 0.3) is 0 Å². The number of benzene rings is 2. The summed E-state index contributed by atoms with van der Waals surface area (Å²) in [5, 5.41) is 8.98. The number of rotatable bonds is 4. The zero-order chi connectivity index (χ0) is 22.1. The molecule has 0 saturated heterocycles. The number of aromatic nitrogens is 2. The van der Waals surface area contributed by atoms with Crippen LogP contribution >= 0.6 is 23.2 Å². The Morgan fingerprint density at radius 3 is 2.58 bits per heavy atom. The Morgan fingerprint density at radius 2 is 1.87 bits per heavy atom. The Labute approximate surface area is 187 Å². The molecule has 2 amide bonds. The van der Waals surface area contributed by atoms with Crippen molar-refractivity contribution in [3.63, 3.8) is 0 Å². The number of fused-ring (bicyclic) bond motifs is 1. The molecule has 0 aliphatic carbocycles. The van der Waals surface area contributed by atoms with Gasteiger partial charge in [-0.3, -0.25) is 19.4 Å². The molecule has 4 N–H and O–H groups in total. The predicted molar refractivity (Wildman–Crippen MR) is 120 cm³/mol. The van der Waals surface area contributed by atoms with E-state index in [0.29, 0.717) is 21.4 Å². The molecule has 3 aromatic rings. The summed E-state index contributed by atoms with van der Waals surface area (Å²) in [6.07, 6.45) is -0.161. The van der Waals surface area contributed by atoms with Crippen LogP contribution < -0.4 is 21.5 Å². The molecule has 2 aromatic carbocycles. The minimum absolute atomic E-state index is 0.0247. The van der Waals surface area contributed by atoms with Gasteiger partial charge in [-0.2, -0.15) is 4.98 Å². The summed E-state index contributed by atoms with van der Waals surface area (Å²) in [6, 6.07) is 12.0. The van der Waals surface area contributed by atoms with Crippen LogP contribution in [0.5, 0.6) is 0 Å². The number of hydrogen-bond donors (Lipinski definition) is 4. The van der Waals surface area contributed by atoms with Gasteiger partial charge in [0.15, 0.2) is 0 Å². The molecule has 0 saturated carbocycles. The number of H-pyrrole nitrogens is 1. The van der Waals surface area contributed by atoms with Gasteiger partial charge in [0.05, 0.1) is 22.2 Å². The molecule has 0 fully saturated rings. The monoisotopic (exact) mass is 457 g/mol. The van der Waals surface area contributed by atoms with Crippen molar-refractivity contribution in [2.75, 3.05) is 16.0 Å². The van der Waals surface area contributed by atoms with Crippen LogP contribution in [0, 0.1) is 6.92 Å². The number of amides is 2. The maximum atomic E-state index is 12.8. The van der Waals surface area contributed by atoms with Gasteiger partial charge >= 0.3 is 0 Å². The maximum absolute atomic E-state index is 12.8. The van der Waals surface area contributed by atoms with Crippen LogP contribution in [-0.4, -0.2) is 21.8 Å². The zero-order valence-corrected chi connectivity index (χ0v) is 17.8. The lowest BCUT2D eigenvalue weighted by Gasteiger charge is -2.23. The number of nitrogens with one attached hydrogen (secondary N) is 4. The predicted octanol–water partition coefficient (Wildman–Crippen LogP) is 4.19. The van der Waals surface area contributed by atoms with E-state index in [9.17, 15) is 14.4 Å². The number of aryl methyl sites for hydroxylation is 1. The van der Waals surface area contributed by atoms with E-state index < -0.39 is 23.3 Å². The standard InChI is InChI=1S/C21H17Cl2N5O3/c1-10-2-5-12(6-3-10)24-19(30)13-9-16(29)26-18-17(13)20(31)28-21(27-18)25-15-7-4-11(22)8-14(15)23/h2-8,13H,9H2,1H3,(H,24,30)(H3,25,26,27,28,29,31)/t13-/m0/s1. The Balaban J connectivity index is 1.64. The van der Waals surface area contributed by atoms with Gasteiger partial charge in [-0.15, -0.1) is 0 Å². The smallest absolute Gasteiger partial charge is 0.258 e. The van der Waals surface area contributed by atoms with Crippen molar-refractivity contribution in [2.45, 2.75) is 19.3 Å². The number of anilines is 4. The number of carbonyl (C=O) groups is 2. The summed E-state index contributed by atoms with van der Waals surface area (Å²) in [5.74, 6) is -1.77. The number of hydrogen-bond acceptors (Lipinski definition) is 5. The van der Waals surface area contributed by atoms with Gasteiger partial charge < -0.3 is 16.0 Å². The second kappa shape index (κ2) is 8.41. The second-order valence-electron chi connectivity index (χ2n) is 7.09. The molecule has 0 unspecified atom stereocenters. The van der Waals surface area contributed by atoms with E-state index in [0.717, 1.165) is 5.56 Å². The van der Waals surface area contributed by atoms with Crippen LogP contribution in [0.3, 0.4) is 0 Å². The number of nitrogens with zero attached hydrogens (tertiary/aromatic N) is 1. The van der Waals surface area contributed by atoms with Crippen LogP contribution in [0.2, 0.25) is 10.0 Å². The Bertz CT molecular complexity index is 1240. The van der Waals surface area contributed by atoms with Crippen molar-refractivity contribution >= 4 is 58.2 Å². The van der Waals surface area contributed by atoms with E-state index in [1.165, 1.54) is 6.07 Å². The average molecular weight is 458 g/mol. The quantitative estimate of drug-likeness (QED) is 0.468. The molecule has 0 spiro atoms. The van der Waals surface area contributed by atoms with Crippen LogP contribution in [-0.2, 0) is 9.59 Å². The van der Waals surface area contributed by atoms with Gasteiger partial charge in [-0.1, -0.05) is 40.9 Å². The highest BCUT2D eigenvalue weighted by Crippen LogP contribution is 2.31. The molecule has 1 aromatic heterocycles. The maximum Gasteiger partial charge on any atom is 0.258 e. The summed E-state index contributed by atoms with van der Waals surface area (Å²) in [5.41, 5.74) is 1.63. The van der Waals surface area contributed by atoms with Gasteiger partial charge in [0.2, 0.25) is 17.8 Å². The van der Waals surface area contributed by atoms with E-state index in [1.807, 2.05) is 19.1 Å². The fourth-order valence-corrected chi connectivity index (χ4v) is 3.69. The van der Waals surface area contributed by atoms with E-state index in [-0.39, 0.29) is 23.8 Å². The molecule has 10 heteroatoms. The first kappa shape index (κ1) is 20.9. The molecule has 2 heterocycles. The highest BCUT2D eigenvalue weighted by atomic mass is 35.5. The van der Waals surface area contributed by atoms with E-state index in [1.54, 1.807) is 24.3 Å². The second-order valence-corrected chi connectivity index (χ2v) is 7.93. The molecular formula is C21H17Cl2N5O3. The van der Waals surface area contributed by atoms with E-state index >= 15 is 0 Å². The Kier molecular flexibility index (Phi) is 5.67. The first-order chi connectivity index (χ1) is 14.8. The SMILES string of the molecule is Cc1ccc(NC(=O)[C@H]2CC(=O)Nc3nc(Nc4ccc(Cl)cc4Cl)[nH]c(=O)c32)cc1. The van der Waals surface area contributed by atoms with Crippen molar-refractivity contribution in [1.82, 2.24) is 9.97 Å². The molecule has 158 valence electrons.